The fourth-order valence-corrected chi connectivity index (χ4v) is 4.37. The molecule has 2 aliphatic heterocycles. The molecule has 1 aromatic rings. The van der Waals surface area contributed by atoms with Crippen LogP contribution in [0.2, 0.25) is 0 Å². The molecule has 3 atom stereocenters. The molecule has 0 radical (unpaired) electrons. The van der Waals surface area contributed by atoms with Crippen molar-refractivity contribution in [1.29, 1.82) is 5.26 Å². The Bertz CT molecular complexity index is 777. The third-order valence-electron chi connectivity index (χ3n) is 5.54. The first-order chi connectivity index (χ1) is 13.1. The number of nitriles is 1. The Balaban J connectivity index is 1.82. The molecule has 1 amide bonds. The molecule has 1 aromatic carbocycles. The summed E-state index contributed by atoms with van der Waals surface area (Å²) in [7, 11) is 0. The average molecular weight is 385 g/mol. The molecule has 2 N–H and O–H groups in total. The van der Waals surface area contributed by atoms with Crippen LogP contribution in [0.4, 0.5) is 10.5 Å². The summed E-state index contributed by atoms with van der Waals surface area (Å²) < 4.78 is 5.62. The van der Waals surface area contributed by atoms with Gasteiger partial charge in [0, 0.05) is 19.1 Å². The van der Waals surface area contributed by atoms with Crippen molar-refractivity contribution in [2.45, 2.75) is 77.6 Å². The summed E-state index contributed by atoms with van der Waals surface area (Å²) in [5, 5.41) is 9.72. The van der Waals surface area contributed by atoms with Gasteiger partial charge in [-0.3, -0.25) is 4.90 Å². The molecule has 2 bridgehead atoms. The van der Waals surface area contributed by atoms with E-state index < -0.39 is 5.60 Å². The maximum atomic E-state index is 12.7. The van der Waals surface area contributed by atoms with E-state index in [1.807, 2.05) is 38.7 Å². The predicted octanol–water partition coefficient (Wildman–Crippen LogP) is 3.34. The van der Waals surface area contributed by atoms with Crippen molar-refractivity contribution in [2.24, 2.45) is 5.73 Å². The number of ether oxygens (including phenoxy) is 1. The number of benzene rings is 1. The van der Waals surface area contributed by atoms with Crippen LogP contribution in [0.15, 0.2) is 12.1 Å². The summed E-state index contributed by atoms with van der Waals surface area (Å²) in [5.74, 6) is 0. The van der Waals surface area contributed by atoms with E-state index in [1.54, 1.807) is 0 Å². The smallest absolute Gasteiger partial charge is 0.410 e. The van der Waals surface area contributed by atoms with Crippen LogP contribution in [-0.4, -0.2) is 47.8 Å². The number of nitrogens with zero attached hydrogens (tertiary/aromatic N) is 3. The van der Waals surface area contributed by atoms with Crippen molar-refractivity contribution in [1.82, 2.24) is 4.90 Å². The van der Waals surface area contributed by atoms with Crippen LogP contribution >= 0.6 is 0 Å². The van der Waals surface area contributed by atoms with Crippen molar-refractivity contribution in [3.8, 4) is 6.07 Å². The summed E-state index contributed by atoms with van der Waals surface area (Å²) in [5.41, 5.74) is 9.41. The average Bonchev–Trinajstić information content (AvgIpc) is 2.85. The van der Waals surface area contributed by atoms with E-state index in [0.717, 1.165) is 49.2 Å². The first-order valence-electron chi connectivity index (χ1n) is 10.1. The van der Waals surface area contributed by atoms with E-state index in [2.05, 4.69) is 24.0 Å². The second kappa shape index (κ2) is 7.63. The minimum atomic E-state index is -0.491. The highest BCUT2D eigenvalue weighted by molar-refractivity contribution is 5.71. The van der Waals surface area contributed by atoms with Crippen molar-refractivity contribution >= 4 is 11.8 Å². The van der Waals surface area contributed by atoms with Crippen LogP contribution in [0.25, 0.3) is 0 Å². The van der Waals surface area contributed by atoms with Crippen LogP contribution in [0.3, 0.4) is 0 Å². The molecule has 2 fully saturated rings. The molecular formula is C22H32N4O2. The molecule has 6 heteroatoms. The first-order valence-corrected chi connectivity index (χ1v) is 10.1. The molecular weight excluding hydrogens is 352 g/mol. The molecule has 0 saturated carbocycles. The van der Waals surface area contributed by atoms with Gasteiger partial charge in [-0.25, -0.2) is 4.79 Å². The Morgan fingerprint density at radius 3 is 2.43 bits per heavy atom. The van der Waals surface area contributed by atoms with Crippen molar-refractivity contribution in [2.75, 3.05) is 18.0 Å². The van der Waals surface area contributed by atoms with Crippen LogP contribution in [0.5, 0.6) is 0 Å². The lowest BCUT2D eigenvalue weighted by atomic mass is 9.97. The van der Waals surface area contributed by atoms with Crippen LogP contribution in [-0.2, 0) is 11.2 Å². The summed E-state index contributed by atoms with van der Waals surface area (Å²) in [4.78, 5) is 16.9. The maximum Gasteiger partial charge on any atom is 0.410 e. The Morgan fingerprint density at radius 1 is 1.32 bits per heavy atom. The Morgan fingerprint density at radius 2 is 1.93 bits per heavy atom. The molecule has 152 valence electrons. The fraction of sp³-hybridized carbons (Fsp3) is 0.636. The second-order valence-corrected chi connectivity index (χ2v) is 9.27. The van der Waals surface area contributed by atoms with E-state index in [9.17, 15) is 10.1 Å². The number of carbonyl (C=O) groups is 1. The fourth-order valence-electron chi connectivity index (χ4n) is 4.37. The number of carbonyl (C=O) groups excluding carboxylic acids is 1. The highest BCUT2D eigenvalue weighted by atomic mass is 16.6. The number of nitrogens with two attached hydrogens (primary N) is 1. The van der Waals surface area contributed by atoms with E-state index in [-0.39, 0.29) is 24.2 Å². The molecule has 0 spiro atoms. The highest BCUT2D eigenvalue weighted by Crippen LogP contribution is 2.35. The van der Waals surface area contributed by atoms with Gasteiger partial charge < -0.3 is 15.4 Å². The number of rotatable bonds is 3. The molecule has 2 saturated heterocycles. The number of amides is 1. The second-order valence-electron chi connectivity index (χ2n) is 9.27. The third-order valence-corrected chi connectivity index (χ3v) is 5.54. The van der Waals surface area contributed by atoms with Crippen LogP contribution < -0.4 is 10.6 Å². The Labute approximate surface area is 168 Å². The largest absolute Gasteiger partial charge is 0.444 e. The zero-order chi connectivity index (χ0) is 20.6. The molecule has 2 heterocycles. The number of fused-ring (bicyclic) bond motifs is 2. The van der Waals surface area contributed by atoms with Crippen LogP contribution in [0, 0.1) is 18.3 Å². The summed E-state index contributed by atoms with van der Waals surface area (Å²) in [6.07, 6.45) is 2.50. The molecule has 3 unspecified atom stereocenters. The first kappa shape index (κ1) is 20.5. The predicted molar refractivity (Wildman–Crippen MR) is 110 cm³/mol. The minimum absolute atomic E-state index is 0.0595. The van der Waals surface area contributed by atoms with E-state index >= 15 is 0 Å². The number of anilines is 1. The molecule has 2 aliphatic rings. The molecule has 0 aliphatic carbocycles. The van der Waals surface area contributed by atoms with Gasteiger partial charge in [-0.15, -0.1) is 0 Å². The molecule has 3 rings (SSSR count). The molecule has 0 aromatic heterocycles. The normalized spacial score (nSPS) is 22.8. The summed E-state index contributed by atoms with van der Waals surface area (Å²) in [6, 6.07) is 6.77. The lowest BCUT2D eigenvalue weighted by Crippen LogP contribution is -2.57. The van der Waals surface area contributed by atoms with Gasteiger partial charge in [0.2, 0.25) is 0 Å². The van der Waals surface area contributed by atoms with E-state index in [1.165, 1.54) is 0 Å². The zero-order valence-corrected chi connectivity index (χ0v) is 17.7. The van der Waals surface area contributed by atoms with Crippen molar-refractivity contribution < 1.29 is 9.53 Å². The van der Waals surface area contributed by atoms with Gasteiger partial charge in [-0.05, 0) is 77.1 Å². The minimum Gasteiger partial charge on any atom is -0.444 e. The maximum absolute atomic E-state index is 12.7. The van der Waals surface area contributed by atoms with E-state index in [0.29, 0.717) is 5.56 Å². The quantitative estimate of drug-likeness (QED) is 0.864. The van der Waals surface area contributed by atoms with Crippen molar-refractivity contribution in [3.05, 3.63) is 28.8 Å². The summed E-state index contributed by atoms with van der Waals surface area (Å²) >= 11 is 0. The summed E-state index contributed by atoms with van der Waals surface area (Å²) in [6.45, 7) is 11.2. The van der Waals surface area contributed by atoms with Crippen LogP contribution in [0.1, 0.15) is 57.2 Å². The van der Waals surface area contributed by atoms with Gasteiger partial charge in [-0.2, -0.15) is 5.26 Å². The van der Waals surface area contributed by atoms with E-state index in [4.69, 9.17) is 10.5 Å². The number of aryl methyl sites for hydroxylation is 1. The number of hydrogen-bond donors (Lipinski definition) is 1. The van der Waals surface area contributed by atoms with Gasteiger partial charge in [0.15, 0.2) is 0 Å². The van der Waals surface area contributed by atoms with Gasteiger partial charge >= 0.3 is 6.09 Å². The number of hydrogen-bond acceptors (Lipinski definition) is 5. The standard InChI is InChI=1S/C22H32N4O2/c1-14-8-20(17(11-23)10-16(14)9-15(2)24)25-12-18-6-7-19(13-25)26(18)21(27)28-22(3,4)5/h8,10,15,18-19H,6-7,9,12-13,24H2,1-5H3. The van der Waals surface area contributed by atoms with Crippen molar-refractivity contribution in [3.63, 3.8) is 0 Å². The number of piperazine rings is 1. The topological polar surface area (TPSA) is 82.6 Å². The molecule has 28 heavy (non-hydrogen) atoms. The Kier molecular flexibility index (Phi) is 5.58. The van der Waals surface area contributed by atoms with Gasteiger partial charge in [0.1, 0.15) is 11.7 Å². The SMILES string of the molecule is Cc1cc(N2CC3CCC(C2)N3C(=O)OC(C)(C)C)c(C#N)cc1CC(C)N. The lowest BCUT2D eigenvalue weighted by Gasteiger charge is -2.42. The van der Waals surface area contributed by atoms with Gasteiger partial charge in [-0.1, -0.05) is 0 Å². The Hall–Kier alpha value is -2.26. The third kappa shape index (κ3) is 4.25. The van der Waals surface area contributed by atoms with Gasteiger partial charge in [0.05, 0.1) is 23.3 Å². The van der Waals surface area contributed by atoms with Gasteiger partial charge in [0.25, 0.3) is 0 Å². The highest BCUT2D eigenvalue weighted by Gasteiger charge is 2.44. The lowest BCUT2D eigenvalue weighted by molar-refractivity contribution is 0.0123. The zero-order valence-electron chi connectivity index (χ0n) is 17.7. The monoisotopic (exact) mass is 384 g/mol. The molecule has 6 nitrogen and oxygen atoms in total.